The number of benzene rings is 1. The van der Waals surface area contributed by atoms with Crippen LogP contribution in [-0.2, 0) is 16.0 Å². The van der Waals surface area contributed by atoms with E-state index in [0.29, 0.717) is 44.1 Å². The maximum Gasteiger partial charge on any atom is 0.407 e. The Bertz CT molecular complexity index is 738. The van der Waals surface area contributed by atoms with E-state index >= 15 is 0 Å². The van der Waals surface area contributed by atoms with Gasteiger partial charge in [0.1, 0.15) is 5.60 Å². The third-order valence-corrected chi connectivity index (χ3v) is 3.40. The predicted octanol–water partition coefficient (Wildman–Crippen LogP) is 2.70. The number of carbonyl (C=O) groups excluding carboxylic acids is 2. The molecule has 0 radical (unpaired) electrons. The first kappa shape index (κ1) is 20.4. The first-order chi connectivity index (χ1) is 12.8. The number of ether oxygens (including phenoxy) is 1. The van der Waals surface area contributed by atoms with Crippen molar-refractivity contribution in [1.29, 1.82) is 0 Å². The Balaban J connectivity index is 1.60. The standard InChI is InChI=1S/C19H26N4O4/c1-19(2,3)27-18(25)21-13-12-20-15(24)10-7-11-16-22-23-17(26-16)14-8-5-4-6-9-14/h4-6,8-9H,7,10-13H2,1-3H3,(H,20,24)(H,21,25). The van der Waals surface area contributed by atoms with Gasteiger partial charge in [-0.3, -0.25) is 4.79 Å². The van der Waals surface area contributed by atoms with Gasteiger partial charge in [-0.25, -0.2) is 4.79 Å². The summed E-state index contributed by atoms with van der Waals surface area (Å²) in [4.78, 5) is 23.3. The lowest BCUT2D eigenvalue weighted by atomic mass is 10.2. The Hall–Kier alpha value is -2.90. The van der Waals surface area contributed by atoms with Crippen LogP contribution in [0.5, 0.6) is 0 Å². The van der Waals surface area contributed by atoms with Gasteiger partial charge in [0.25, 0.3) is 0 Å². The van der Waals surface area contributed by atoms with Gasteiger partial charge in [0.15, 0.2) is 0 Å². The van der Waals surface area contributed by atoms with Crippen molar-refractivity contribution >= 4 is 12.0 Å². The van der Waals surface area contributed by atoms with Crippen molar-refractivity contribution in [3.63, 3.8) is 0 Å². The maximum absolute atomic E-state index is 11.8. The predicted molar refractivity (Wildman–Crippen MR) is 99.9 cm³/mol. The Morgan fingerprint density at radius 2 is 1.78 bits per heavy atom. The molecule has 146 valence electrons. The number of amides is 2. The normalized spacial score (nSPS) is 11.1. The summed E-state index contributed by atoms with van der Waals surface area (Å²) in [7, 11) is 0. The summed E-state index contributed by atoms with van der Waals surface area (Å²) in [5.74, 6) is 0.889. The number of nitrogens with one attached hydrogen (secondary N) is 2. The molecule has 0 aliphatic heterocycles. The second-order valence-electron chi connectivity index (χ2n) is 7.00. The van der Waals surface area contributed by atoms with E-state index in [-0.39, 0.29) is 5.91 Å². The van der Waals surface area contributed by atoms with E-state index in [1.807, 2.05) is 30.3 Å². The molecule has 8 nitrogen and oxygen atoms in total. The van der Waals surface area contributed by atoms with Crippen LogP contribution in [0.25, 0.3) is 11.5 Å². The number of aromatic nitrogens is 2. The number of aryl methyl sites for hydroxylation is 1. The van der Waals surface area contributed by atoms with Crippen molar-refractivity contribution in [2.75, 3.05) is 13.1 Å². The SMILES string of the molecule is CC(C)(C)OC(=O)NCCNC(=O)CCCc1nnc(-c2ccccc2)o1. The summed E-state index contributed by atoms with van der Waals surface area (Å²) in [6.45, 7) is 6.03. The van der Waals surface area contributed by atoms with Crippen LogP contribution in [0.3, 0.4) is 0 Å². The molecule has 0 fully saturated rings. The zero-order valence-electron chi connectivity index (χ0n) is 15.9. The van der Waals surface area contributed by atoms with E-state index in [9.17, 15) is 9.59 Å². The zero-order valence-corrected chi connectivity index (χ0v) is 15.9. The number of hydrogen-bond donors (Lipinski definition) is 2. The molecule has 1 aromatic carbocycles. The number of carbonyl (C=O) groups is 2. The van der Waals surface area contributed by atoms with Gasteiger partial charge in [0.2, 0.25) is 17.7 Å². The Morgan fingerprint density at radius 1 is 1.07 bits per heavy atom. The Kier molecular flexibility index (Phi) is 7.34. The second kappa shape index (κ2) is 9.70. The molecule has 0 saturated heterocycles. The maximum atomic E-state index is 11.8. The van der Waals surface area contributed by atoms with Crippen molar-refractivity contribution in [1.82, 2.24) is 20.8 Å². The highest BCUT2D eigenvalue weighted by molar-refractivity contribution is 5.75. The molecule has 0 aliphatic carbocycles. The average molecular weight is 374 g/mol. The van der Waals surface area contributed by atoms with Gasteiger partial charge in [-0.15, -0.1) is 10.2 Å². The first-order valence-corrected chi connectivity index (χ1v) is 8.95. The van der Waals surface area contributed by atoms with Crippen molar-refractivity contribution in [2.24, 2.45) is 0 Å². The van der Waals surface area contributed by atoms with Gasteiger partial charge >= 0.3 is 6.09 Å². The number of rotatable bonds is 8. The third kappa shape index (κ3) is 7.89. The Morgan fingerprint density at radius 3 is 2.48 bits per heavy atom. The van der Waals surface area contributed by atoms with E-state index in [1.54, 1.807) is 20.8 Å². The molecule has 8 heteroatoms. The van der Waals surface area contributed by atoms with Gasteiger partial charge in [-0.2, -0.15) is 0 Å². The highest BCUT2D eigenvalue weighted by Gasteiger charge is 2.15. The third-order valence-electron chi connectivity index (χ3n) is 3.40. The minimum atomic E-state index is -0.539. The number of alkyl carbamates (subject to hydrolysis) is 1. The zero-order chi connectivity index (χ0) is 19.7. The minimum absolute atomic E-state index is 0.0937. The fraction of sp³-hybridized carbons (Fsp3) is 0.474. The minimum Gasteiger partial charge on any atom is -0.444 e. The molecule has 2 N–H and O–H groups in total. The summed E-state index contributed by atoms with van der Waals surface area (Å²) in [6, 6.07) is 9.52. The van der Waals surface area contributed by atoms with Crippen LogP contribution in [0.4, 0.5) is 4.79 Å². The van der Waals surface area contributed by atoms with Crippen molar-refractivity contribution in [2.45, 2.75) is 45.6 Å². The molecule has 2 aromatic rings. The molecular formula is C19H26N4O4. The van der Waals surface area contributed by atoms with Gasteiger partial charge in [-0.1, -0.05) is 18.2 Å². The molecular weight excluding hydrogens is 348 g/mol. The smallest absolute Gasteiger partial charge is 0.407 e. The first-order valence-electron chi connectivity index (χ1n) is 8.95. The van der Waals surface area contributed by atoms with E-state index in [4.69, 9.17) is 9.15 Å². The molecule has 0 saturated carbocycles. The van der Waals surface area contributed by atoms with Crippen molar-refractivity contribution < 1.29 is 18.7 Å². The number of hydrogen-bond acceptors (Lipinski definition) is 6. The summed E-state index contributed by atoms with van der Waals surface area (Å²) in [6.07, 6.45) is 0.975. The quantitative estimate of drug-likeness (QED) is 0.688. The van der Waals surface area contributed by atoms with Crippen LogP contribution in [-0.4, -0.2) is 40.9 Å². The van der Waals surface area contributed by atoms with E-state index in [2.05, 4.69) is 20.8 Å². The number of nitrogens with zero attached hydrogens (tertiary/aromatic N) is 2. The molecule has 0 spiro atoms. The summed E-state index contributed by atoms with van der Waals surface area (Å²) in [5.41, 5.74) is 0.328. The highest BCUT2D eigenvalue weighted by Crippen LogP contribution is 2.17. The van der Waals surface area contributed by atoms with Crippen LogP contribution in [0.1, 0.15) is 39.5 Å². The lowest BCUT2D eigenvalue weighted by molar-refractivity contribution is -0.121. The molecule has 2 rings (SSSR count). The second-order valence-corrected chi connectivity index (χ2v) is 7.00. The van der Waals surface area contributed by atoms with Crippen molar-refractivity contribution in [3.8, 4) is 11.5 Å². The van der Waals surface area contributed by atoms with E-state index < -0.39 is 11.7 Å². The molecule has 27 heavy (non-hydrogen) atoms. The summed E-state index contributed by atoms with van der Waals surface area (Å²) in [5, 5.41) is 13.3. The Labute approximate surface area is 158 Å². The highest BCUT2D eigenvalue weighted by atomic mass is 16.6. The van der Waals surface area contributed by atoms with E-state index in [1.165, 1.54) is 0 Å². The van der Waals surface area contributed by atoms with Gasteiger partial charge in [-0.05, 0) is 39.3 Å². The molecule has 2 amide bonds. The fourth-order valence-corrected chi connectivity index (χ4v) is 2.22. The van der Waals surface area contributed by atoms with Crippen LogP contribution in [0.2, 0.25) is 0 Å². The average Bonchev–Trinajstić information content (AvgIpc) is 3.07. The monoisotopic (exact) mass is 374 g/mol. The molecule has 0 bridgehead atoms. The lowest BCUT2D eigenvalue weighted by Gasteiger charge is -2.19. The van der Waals surface area contributed by atoms with Gasteiger partial charge < -0.3 is 19.8 Å². The summed E-state index contributed by atoms with van der Waals surface area (Å²) < 4.78 is 10.7. The van der Waals surface area contributed by atoms with Crippen molar-refractivity contribution in [3.05, 3.63) is 36.2 Å². The molecule has 1 aromatic heterocycles. The van der Waals surface area contributed by atoms with Crippen LogP contribution in [0, 0.1) is 0 Å². The molecule has 0 atom stereocenters. The van der Waals surface area contributed by atoms with Crippen LogP contribution < -0.4 is 10.6 Å². The van der Waals surface area contributed by atoms with Crippen LogP contribution >= 0.6 is 0 Å². The van der Waals surface area contributed by atoms with Gasteiger partial charge in [0, 0.05) is 31.5 Å². The topological polar surface area (TPSA) is 106 Å². The molecule has 0 unspecified atom stereocenters. The van der Waals surface area contributed by atoms with Gasteiger partial charge in [0.05, 0.1) is 0 Å². The molecule has 0 aliphatic rings. The van der Waals surface area contributed by atoms with Crippen LogP contribution in [0.15, 0.2) is 34.7 Å². The fourth-order valence-electron chi connectivity index (χ4n) is 2.22. The molecule has 1 heterocycles. The summed E-state index contributed by atoms with van der Waals surface area (Å²) >= 11 is 0. The lowest BCUT2D eigenvalue weighted by Crippen LogP contribution is -2.37. The van der Waals surface area contributed by atoms with E-state index in [0.717, 1.165) is 5.56 Å². The largest absolute Gasteiger partial charge is 0.444 e.